The second-order valence-corrected chi connectivity index (χ2v) is 11.7. The molecule has 1 aliphatic heterocycles. The van der Waals surface area contributed by atoms with Crippen LogP contribution in [-0.4, -0.2) is 41.5 Å². The summed E-state index contributed by atoms with van der Waals surface area (Å²) in [5.41, 5.74) is 9.19. The Bertz CT molecular complexity index is 935. The van der Waals surface area contributed by atoms with E-state index < -0.39 is 11.6 Å². The second kappa shape index (κ2) is 8.99. The van der Waals surface area contributed by atoms with E-state index in [-0.39, 0.29) is 28.7 Å². The number of nitrogens with zero attached hydrogens (tertiary/aromatic N) is 2. The van der Waals surface area contributed by atoms with Crippen LogP contribution in [0.3, 0.4) is 0 Å². The number of piperidine rings is 1. The Balaban J connectivity index is 1.62. The Morgan fingerprint density at radius 3 is 2.18 bits per heavy atom. The second-order valence-electron chi connectivity index (χ2n) is 11.7. The Morgan fingerprint density at radius 2 is 1.61 bits per heavy atom. The van der Waals surface area contributed by atoms with E-state index in [1.54, 1.807) is 4.90 Å². The lowest BCUT2D eigenvalue weighted by Crippen LogP contribution is -2.43. The van der Waals surface area contributed by atoms with Crippen LogP contribution in [-0.2, 0) is 25.2 Å². The molecule has 1 heterocycles. The summed E-state index contributed by atoms with van der Waals surface area (Å²) < 4.78 is 5.40. The molecule has 0 spiro atoms. The van der Waals surface area contributed by atoms with E-state index in [1.807, 2.05) is 26.8 Å². The quantitative estimate of drug-likeness (QED) is 0.303. The van der Waals surface area contributed by atoms with Crippen molar-refractivity contribution in [2.75, 3.05) is 13.1 Å². The predicted octanol–water partition coefficient (Wildman–Crippen LogP) is 4.85. The number of rotatable bonds is 3. The largest absolute Gasteiger partial charge is 0.444 e. The molecule has 0 saturated carbocycles. The van der Waals surface area contributed by atoms with E-state index >= 15 is 0 Å². The van der Waals surface area contributed by atoms with Gasteiger partial charge in [0.1, 0.15) is 5.60 Å². The van der Waals surface area contributed by atoms with Gasteiger partial charge >= 0.3 is 12.1 Å². The molecule has 3 rings (SSSR count). The van der Waals surface area contributed by atoms with Gasteiger partial charge in [0.2, 0.25) is 0 Å². The highest BCUT2D eigenvalue weighted by Crippen LogP contribution is 2.45. The maximum absolute atomic E-state index is 12.5. The summed E-state index contributed by atoms with van der Waals surface area (Å²) in [5.74, 6) is -0.541. The first kappa shape index (κ1) is 25.1. The molecule has 0 radical (unpaired) electrons. The number of amidine groups is 1. The zero-order valence-corrected chi connectivity index (χ0v) is 21.2. The van der Waals surface area contributed by atoms with Crippen LogP contribution < -0.4 is 5.73 Å². The zero-order chi connectivity index (χ0) is 24.6. The highest BCUT2D eigenvalue weighted by atomic mass is 16.7. The molecule has 1 aromatic rings. The molecule has 1 amide bonds. The van der Waals surface area contributed by atoms with Gasteiger partial charge < -0.3 is 20.2 Å². The highest BCUT2D eigenvalue weighted by molar-refractivity contribution is 5.97. The van der Waals surface area contributed by atoms with Gasteiger partial charge in [0, 0.05) is 18.7 Å². The third-order valence-electron chi connectivity index (χ3n) is 6.86. The molecule has 182 valence electrons. The minimum Gasteiger partial charge on any atom is -0.444 e. The number of ether oxygens (including phenoxy) is 1. The molecule has 7 heteroatoms. The number of hydrogen-bond acceptors (Lipinski definition) is 5. The van der Waals surface area contributed by atoms with E-state index in [2.05, 4.69) is 45.0 Å². The van der Waals surface area contributed by atoms with E-state index in [0.29, 0.717) is 25.9 Å². The van der Waals surface area contributed by atoms with Crippen molar-refractivity contribution < 1.29 is 19.2 Å². The average molecular weight is 458 g/mol. The topological polar surface area (TPSA) is 94.2 Å². The third-order valence-corrected chi connectivity index (χ3v) is 6.86. The van der Waals surface area contributed by atoms with Gasteiger partial charge in [-0.3, -0.25) is 0 Å². The number of carbonyl (C=O) groups excluding carboxylic acids is 2. The number of fused-ring (bicyclic) bond motifs is 1. The molecular formula is C26H39N3O4. The number of carbonyl (C=O) groups is 2. The molecule has 2 N–H and O–H groups in total. The first-order valence-electron chi connectivity index (χ1n) is 11.9. The van der Waals surface area contributed by atoms with Gasteiger partial charge in [0.05, 0.1) is 5.92 Å². The molecule has 0 aromatic heterocycles. The summed E-state index contributed by atoms with van der Waals surface area (Å²) in [6.07, 6.45) is 2.91. The molecule has 0 bridgehead atoms. The Hall–Kier alpha value is -2.57. The minimum absolute atomic E-state index is 0.0555. The molecule has 1 saturated heterocycles. The lowest BCUT2D eigenvalue weighted by Gasteiger charge is -2.42. The minimum atomic E-state index is -0.541. The van der Waals surface area contributed by atoms with Gasteiger partial charge in [-0.05, 0) is 74.5 Å². The maximum atomic E-state index is 12.5. The normalized spacial score (nSPS) is 20.7. The molecule has 2 aliphatic rings. The van der Waals surface area contributed by atoms with Crippen molar-refractivity contribution in [1.29, 1.82) is 0 Å². The van der Waals surface area contributed by atoms with Crippen LogP contribution in [0.2, 0.25) is 0 Å². The van der Waals surface area contributed by atoms with Gasteiger partial charge in [0.25, 0.3) is 0 Å². The molecule has 0 unspecified atom stereocenters. The molecule has 1 fully saturated rings. The van der Waals surface area contributed by atoms with Crippen LogP contribution in [0.1, 0.15) is 90.8 Å². The van der Waals surface area contributed by atoms with Crippen LogP contribution in [0.4, 0.5) is 4.79 Å². The summed E-state index contributed by atoms with van der Waals surface area (Å²) in [6, 6.07) is 6.17. The number of hydrogen-bond donors (Lipinski definition) is 1. The predicted molar refractivity (Wildman–Crippen MR) is 129 cm³/mol. The fourth-order valence-electron chi connectivity index (χ4n) is 4.59. The summed E-state index contributed by atoms with van der Waals surface area (Å²) >= 11 is 0. The van der Waals surface area contributed by atoms with Crippen LogP contribution in [0.15, 0.2) is 23.4 Å². The molecular weight excluding hydrogens is 418 g/mol. The van der Waals surface area contributed by atoms with Crippen LogP contribution >= 0.6 is 0 Å². The SMILES string of the molecule is CC(C)(C)OC(=O)N1CCC(C(=O)ON=C(N)c2ccc3c(c2)C(C)(C)CCC3(C)C)CC1. The molecule has 33 heavy (non-hydrogen) atoms. The van der Waals surface area contributed by atoms with E-state index in [4.69, 9.17) is 15.3 Å². The highest BCUT2D eigenvalue weighted by Gasteiger charge is 2.37. The van der Waals surface area contributed by atoms with Crippen molar-refractivity contribution in [3.8, 4) is 0 Å². The maximum Gasteiger partial charge on any atom is 0.410 e. The smallest absolute Gasteiger partial charge is 0.410 e. The number of nitrogens with two attached hydrogens (primary N) is 1. The summed E-state index contributed by atoms with van der Waals surface area (Å²) in [6.45, 7) is 15.4. The Morgan fingerprint density at radius 1 is 1.03 bits per heavy atom. The van der Waals surface area contributed by atoms with Crippen molar-refractivity contribution >= 4 is 17.9 Å². The molecule has 1 aliphatic carbocycles. The lowest BCUT2D eigenvalue weighted by atomic mass is 9.63. The molecule has 7 nitrogen and oxygen atoms in total. The van der Waals surface area contributed by atoms with Crippen molar-refractivity contribution in [1.82, 2.24) is 4.90 Å². The summed E-state index contributed by atoms with van der Waals surface area (Å²) in [4.78, 5) is 31.6. The zero-order valence-electron chi connectivity index (χ0n) is 21.2. The monoisotopic (exact) mass is 457 g/mol. The number of oxime groups is 1. The lowest BCUT2D eigenvalue weighted by molar-refractivity contribution is -0.150. The van der Waals surface area contributed by atoms with E-state index in [0.717, 1.165) is 18.4 Å². The van der Waals surface area contributed by atoms with Crippen LogP contribution in [0, 0.1) is 5.92 Å². The first-order valence-corrected chi connectivity index (χ1v) is 11.9. The van der Waals surface area contributed by atoms with Crippen molar-refractivity contribution in [2.24, 2.45) is 16.8 Å². The van der Waals surface area contributed by atoms with Gasteiger partial charge in [-0.25, -0.2) is 9.59 Å². The average Bonchev–Trinajstić information content (AvgIpc) is 2.73. The van der Waals surface area contributed by atoms with E-state index in [1.165, 1.54) is 11.1 Å². The number of likely N-dealkylation sites (tertiary alicyclic amines) is 1. The fraction of sp³-hybridized carbons (Fsp3) is 0.654. The van der Waals surface area contributed by atoms with Crippen molar-refractivity contribution in [3.05, 3.63) is 34.9 Å². The number of amides is 1. The van der Waals surface area contributed by atoms with Crippen LogP contribution in [0.25, 0.3) is 0 Å². The third kappa shape index (κ3) is 5.87. The Labute approximate surface area is 197 Å². The van der Waals surface area contributed by atoms with Gasteiger partial charge in [-0.2, -0.15) is 0 Å². The van der Waals surface area contributed by atoms with Crippen molar-refractivity contribution in [3.63, 3.8) is 0 Å². The molecule has 1 aromatic carbocycles. The standard InChI is InChI=1S/C26H39N3O4/c1-24(2,3)32-23(31)29-14-10-17(11-15-29)22(30)33-28-21(27)18-8-9-19-20(16-18)26(6,7)13-12-25(19,4)5/h8-9,16-17H,10-15H2,1-7H3,(H2,27,28). The summed E-state index contributed by atoms with van der Waals surface area (Å²) in [5, 5.41) is 3.94. The first-order chi connectivity index (χ1) is 15.2. The fourth-order valence-corrected chi connectivity index (χ4v) is 4.59. The molecule has 0 atom stereocenters. The number of benzene rings is 1. The van der Waals surface area contributed by atoms with Gasteiger partial charge in [-0.15, -0.1) is 0 Å². The summed E-state index contributed by atoms with van der Waals surface area (Å²) in [7, 11) is 0. The Kier molecular flexibility index (Phi) is 6.83. The van der Waals surface area contributed by atoms with E-state index in [9.17, 15) is 9.59 Å². The van der Waals surface area contributed by atoms with Crippen LogP contribution in [0.5, 0.6) is 0 Å². The van der Waals surface area contributed by atoms with Crippen molar-refractivity contribution in [2.45, 2.75) is 90.6 Å². The van der Waals surface area contributed by atoms with Gasteiger partial charge in [-0.1, -0.05) is 45.0 Å². The van der Waals surface area contributed by atoms with Gasteiger partial charge in [0.15, 0.2) is 5.84 Å².